The molecule has 0 heterocycles. The van der Waals surface area contributed by atoms with E-state index >= 15 is 0 Å². The molecule has 4 nitrogen and oxygen atoms in total. The van der Waals surface area contributed by atoms with Crippen LogP contribution in [0.5, 0.6) is 0 Å². The second-order valence-corrected chi connectivity index (χ2v) is 9.17. The quantitative estimate of drug-likeness (QED) is 0.772. The number of rotatable bonds is 6. The second kappa shape index (κ2) is 6.73. The number of ether oxygens (including phenoxy) is 1. The first-order chi connectivity index (χ1) is 11.7. The highest BCUT2D eigenvalue weighted by Crippen LogP contribution is 2.64. The minimum atomic E-state index is -0.476. The van der Waals surface area contributed by atoms with Gasteiger partial charge in [-0.15, -0.1) is 0 Å². The van der Waals surface area contributed by atoms with Crippen LogP contribution in [0.2, 0.25) is 0 Å². The van der Waals surface area contributed by atoms with Crippen LogP contribution < -0.4 is 5.32 Å². The molecule has 0 aliphatic heterocycles. The Kier molecular flexibility index (Phi) is 4.95. The van der Waals surface area contributed by atoms with Crippen LogP contribution >= 0.6 is 0 Å². The molecule has 4 heteroatoms. The molecular weight excluding hydrogens is 314 g/mol. The highest BCUT2D eigenvalue weighted by atomic mass is 16.6. The van der Waals surface area contributed by atoms with Gasteiger partial charge in [-0.1, -0.05) is 18.6 Å². The van der Waals surface area contributed by atoms with Gasteiger partial charge in [0, 0.05) is 25.1 Å². The fraction of sp³-hybridized carbons (Fsp3) is 0.667. The monoisotopic (exact) mass is 345 g/mol. The van der Waals surface area contributed by atoms with Crippen LogP contribution in [0.1, 0.15) is 68.8 Å². The lowest BCUT2D eigenvalue weighted by atomic mass is 9.45. The van der Waals surface area contributed by atoms with Crippen molar-refractivity contribution in [3.05, 3.63) is 35.4 Å². The molecule has 2 aliphatic rings. The zero-order chi connectivity index (χ0) is 18.1. The lowest BCUT2D eigenvalue weighted by molar-refractivity contribution is -0.119. The predicted molar refractivity (Wildman–Crippen MR) is 98.4 cm³/mol. The topological polar surface area (TPSA) is 58.6 Å². The van der Waals surface area contributed by atoms with Gasteiger partial charge >= 0.3 is 5.97 Å². The van der Waals surface area contributed by atoms with Gasteiger partial charge in [-0.2, -0.15) is 0 Å². The van der Waals surface area contributed by atoms with E-state index in [1.165, 1.54) is 32.1 Å². The molecular formula is C21H31NO3. The molecule has 0 aromatic heterocycles. The van der Waals surface area contributed by atoms with Crippen LogP contribution in [0.4, 0.5) is 0 Å². The number of hydrogen-bond acceptors (Lipinski definition) is 4. The fourth-order valence-electron chi connectivity index (χ4n) is 4.43. The maximum Gasteiger partial charge on any atom is 0.338 e. The number of carbonyl (C=O) groups is 1. The maximum atomic E-state index is 12.0. The molecule has 2 aliphatic carbocycles. The third-order valence-corrected chi connectivity index (χ3v) is 5.67. The zero-order valence-corrected chi connectivity index (χ0v) is 15.7. The molecule has 2 N–H and O–H groups in total. The lowest BCUT2D eigenvalue weighted by Crippen LogP contribution is -2.56. The van der Waals surface area contributed by atoms with E-state index < -0.39 is 5.60 Å². The Morgan fingerprint density at radius 1 is 1.20 bits per heavy atom. The Bertz CT molecular complexity index is 603. The Labute approximate surface area is 151 Å². The summed E-state index contributed by atoms with van der Waals surface area (Å²) in [6, 6.07) is 7.57. The first kappa shape index (κ1) is 18.4. The summed E-state index contributed by atoms with van der Waals surface area (Å²) in [4.78, 5) is 12.0. The van der Waals surface area contributed by atoms with Crippen LogP contribution in [0.15, 0.2) is 24.3 Å². The Hall–Kier alpha value is -1.39. The Balaban J connectivity index is 1.46. The van der Waals surface area contributed by atoms with Gasteiger partial charge in [-0.3, -0.25) is 0 Å². The molecule has 0 bridgehead atoms. The molecule has 3 rings (SSSR count). The number of benzene rings is 1. The smallest absolute Gasteiger partial charge is 0.338 e. The summed E-state index contributed by atoms with van der Waals surface area (Å²) >= 11 is 0. The lowest BCUT2D eigenvalue weighted by Gasteiger charge is -2.61. The summed E-state index contributed by atoms with van der Waals surface area (Å²) in [6.45, 7) is 7.50. The van der Waals surface area contributed by atoms with E-state index in [0.29, 0.717) is 11.0 Å². The first-order valence-electron chi connectivity index (χ1n) is 9.39. The van der Waals surface area contributed by atoms with Crippen LogP contribution in [0.3, 0.4) is 0 Å². The molecule has 1 aromatic rings. The normalized spacial score (nSPS) is 20.6. The van der Waals surface area contributed by atoms with Crippen molar-refractivity contribution in [2.75, 3.05) is 13.2 Å². The number of hydrogen-bond donors (Lipinski definition) is 2. The molecule has 0 saturated heterocycles. The molecule has 0 atom stereocenters. The van der Waals surface area contributed by atoms with Crippen LogP contribution in [-0.2, 0) is 11.3 Å². The molecule has 25 heavy (non-hydrogen) atoms. The predicted octanol–water partition coefficient (Wildman–Crippen LogP) is 3.67. The van der Waals surface area contributed by atoms with Gasteiger partial charge < -0.3 is 15.2 Å². The van der Waals surface area contributed by atoms with E-state index in [9.17, 15) is 9.90 Å². The van der Waals surface area contributed by atoms with Crippen molar-refractivity contribution in [2.24, 2.45) is 10.8 Å². The van der Waals surface area contributed by atoms with Gasteiger partial charge in [0.1, 0.15) is 5.60 Å². The number of nitrogens with one attached hydrogen (secondary N) is 1. The van der Waals surface area contributed by atoms with Crippen molar-refractivity contribution in [1.82, 2.24) is 5.32 Å². The van der Waals surface area contributed by atoms with Crippen LogP contribution in [-0.4, -0.2) is 29.8 Å². The van der Waals surface area contributed by atoms with E-state index in [0.717, 1.165) is 18.7 Å². The number of carbonyl (C=O) groups excluding carboxylic acids is 1. The highest BCUT2D eigenvalue weighted by Gasteiger charge is 2.56. The summed E-state index contributed by atoms with van der Waals surface area (Å²) in [5, 5.41) is 13.3. The molecule has 2 saturated carbocycles. The van der Waals surface area contributed by atoms with Gasteiger partial charge in [-0.25, -0.2) is 4.79 Å². The standard InChI is InChI=1S/C21H31NO3/c1-19(2,3)25-18(24)17-7-5-16(6-8-17)11-22-14-21(15-23)12-20(13-21)9-4-10-20/h5-8,22-23H,4,9-15H2,1-3H3. The third kappa shape index (κ3) is 4.24. The minimum absolute atomic E-state index is 0.0802. The minimum Gasteiger partial charge on any atom is -0.456 e. The van der Waals surface area contributed by atoms with Gasteiger partial charge in [0.15, 0.2) is 0 Å². The molecule has 1 spiro atoms. The summed E-state index contributed by atoms with van der Waals surface area (Å²) in [7, 11) is 0. The van der Waals surface area contributed by atoms with E-state index in [1.807, 2.05) is 45.0 Å². The van der Waals surface area contributed by atoms with Crippen molar-refractivity contribution >= 4 is 5.97 Å². The van der Waals surface area contributed by atoms with Crippen molar-refractivity contribution in [1.29, 1.82) is 0 Å². The van der Waals surface area contributed by atoms with E-state index in [-0.39, 0.29) is 18.0 Å². The SMILES string of the molecule is CC(C)(C)OC(=O)c1ccc(CNCC2(CO)CC3(CCC3)C2)cc1. The van der Waals surface area contributed by atoms with Gasteiger partial charge in [0.2, 0.25) is 0 Å². The van der Waals surface area contributed by atoms with Crippen LogP contribution in [0, 0.1) is 10.8 Å². The van der Waals surface area contributed by atoms with Gasteiger partial charge in [0.05, 0.1) is 5.56 Å². The summed E-state index contributed by atoms with van der Waals surface area (Å²) in [5.41, 5.74) is 1.89. The maximum absolute atomic E-state index is 12.0. The second-order valence-electron chi connectivity index (χ2n) is 9.17. The van der Waals surface area contributed by atoms with Crippen LogP contribution in [0.25, 0.3) is 0 Å². The molecule has 2 fully saturated rings. The number of esters is 1. The zero-order valence-electron chi connectivity index (χ0n) is 15.7. The molecule has 0 amide bonds. The number of aliphatic hydroxyl groups is 1. The van der Waals surface area contributed by atoms with E-state index in [2.05, 4.69) is 5.32 Å². The largest absolute Gasteiger partial charge is 0.456 e. The average Bonchev–Trinajstić information content (AvgIpc) is 2.47. The number of aliphatic hydroxyl groups excluding tert-OH is 1. The van der Waals surface area contributed by atoms with Crippen molar-refractivity contribution < 1.29 is 14.6 Å². The molecule has 0 unspecified atom stereocenters. The summed E-state index contributed by atoms with van der Waals surface area (Å²) in [6.07, 6.45) is 6.39. The summed E-state index contributed by atoms with van der Waals surface area (Å²) in [5.74, 6) is -0.286. The van der Waals surface area contributed by atoms with E-state index in [1.54, 1.807) is 0 Å². The Morgan fingerprint density at radius 3 is 2.32 bits per heavy atom. The van der Waals surface area contributed by atoms with Crippen molar-refractivity contribution in [3.63, 3.8) is 0 Å². The molecule has 0 radical (unpaired) electrons. The summed E-state index contributed by atoms with van der Waals surface area (Å²) < 4.78 is 5.38. The fourth-order valence-corrected chi connectivity index (χ4v) is 4.43. The van der Waals surface area contributed by atoms with Crippen molar-refractivity contribution in [2.45, 2.75) is 65.0 Å². The van der Waals surface area contributed by atoms with E-state index in [4.69, 9.17) is 4.74 Å². The molecule has 138 valence electrons. The third-order valence-electron chi connectivity index (χ3n) is 5.67. The average molecular weight is 345 g/mol. The Morgan fingerprint density at radius 2 is 1.84 bits per heavy atom. The molecule has 1 aromatic carbocycles. The van der Waals surface area contributed by atoms with Crippen molar-refractivity contribution in [3.8, 4) is 0 Å². The highest BCUT2D eigenvalue weighted by molar-refractivity contribution is 5.89. The first-order valence-corrected chi connectivity index (χ1v) is 9.39. The van der Waals surface area contributed by atoms with Gasteiger partial charge in [-0.05, 0) is 69.6 Å². The van der Waals surface area contributed by atoms with Gasteiger partial charge in [0.25, 0.3) is 0 Å².